The number of benzene rings is 1. The van der Waals surface area contributed by atoms with Crippen LogP contribution in [0.15, 0.2) is 30.3 Å². The molecule has 1 aromatic heterocycles. The lowest BCUT2D eigenvalue weighted by atomic mass is 10.2. The van der Waals surface area contributed by atoms with E-state index in [0.29, 0.717) is 0 Å². The van der Waals surface area contributed by atoms with E-state index in [2.05, 4.69) is 10.2 Å². The molecule has 2 rings (SSSR count). The van der Waals surface area contributed by atoms with Crippen LogP contribution in [0.1, 0.15) is 10.4 Å². The summed E-state index contributed by atoms with van der Waals surface area (Å²) in [5, 5.41) is 16.2. The van der Waals surface area contributed by atoms with Crippen molar-refractivity contribution in [3.63, 3.8) is 0 Å². The number of rotatable bonds is 3. The Bertz CT molecular complexity index is 589. The Morgan fingerprint density at radius 3 is 2.67 bits per heavy atom. The number of hydrogen-bond acceptors (Lipinski definition) is 4. The number of hydrogen-bond donors (Lipinski definition) is 1. The quantitative estimate of drug-likeness (QED) is 0.927. The lowest BCUT2D eigenvalue weighted by Crippen LogP contribution is -2.01. The maximum atomic E-state index is 12.9. The molecule has 0 aliphatic rings. The maximum absolute atomic E-state index is 12.9. The number of carbonyl (C=O) groups is 1. The van der Waals surface area contributed by atoms with E-state index in [1.807, 2.05) is 0 Å². The molecule has 0 aliphatic heterocycles. The zero-order valence-corrected chi connectivity index (χ0v) is 9.56. The van der Waals surface area contributed by atoms with Crippen LogP contribution in [0.4, 0.5) is 4.39 Å². The van der Waals surface area contributed by atoms with Gasteiger partial charge in [0.15, 0.2) is 5.15 Å². The predicted molar refractivity (Wildman–Crippen MR) is 60.5 cm³/mol. The standard InChI is InChI=1S/C11H6ClFN2O3/c12-9-3-4-10(15-14-9)18-8-2-1-6(13)5-7(8)11(16)17/h1-5H,(H,16,17). The highest BCUT2D eigenvalue weighted by atomic mass is 35.5. The summed E-state index contributed by atoms with van der Waals surface area (Å²) in [7, 11) is 0. The minimum Gasteiger partial charge on any atom is -0.478 e. The van der Waals surface area contributed by atoms with Gasteiger partial charge in [-0.3, -0.25) is 0 Å². The summed E-state index contributed by atoms with van der Waals surface area (Å²) in [6.07, 6.45) is 0. The number of halogens is 2. The Labute approximate surface area is 106 Å². The van der Waals surface area contributed by atoms with Gasteiger partial charge in [0, 0.05) is 6.07 Å². The fourth-order valence-electron chi connectivity index (χ4n) is 1.23. The molecule has 0 fully saturated rings. The fraction of sp³-hybridized carbons (Fsp3) is 0. The van der Waals surface area contributed by atoms with E-state index in [4.69, 9.17) is 21.4 Å². The van der Waals surface area contributed by atoms with Gasteiger partial charge in [-0.15, -0.1) is 10.2 Å². The zero-order chi connectivity index (χ0) is 13.1. The number of aromatic carboxylic acids is 1. The van der Waals surface area contributed by atoms with E-state index in [1.54, 1.807) is 0 Å². The molecule has 1 aromatic carbocycles. The second kappa shape index (κ2) is 4.97. The summed E-state index contributed by atoms with van der Waals surface area (Å²) >= 11 is 5.54. The molecule has 1 heterocycles. The van der Waals surface area contributed by atoms with Crippen LogP contribution in [-0.2, 0) is 0 Å². The van der Waals surface area contributed by atoms with Crippen LogP contribution in [0.3, 0.4) is 0 Å². The average Bonchev–Trinajstić information content (AvgIpc) is 2.34. The number of carboxylic acids is 1. The summed E-state index contributed by atoms with van der Waals surface area (Å²) in [4.78, 5) is 10.9. The van der Waals surface area contributed by atoms with Gasteiger partial charge in [-0.05, 0) is 24.3 Å². The van der Waals surface area contributed by atoms with Gasteiger partial charge in [-0.25, -0.2) is 9.18 Å². The van der Waals surface area contributed by atoms with Gasteiger partial charge in [0.25, 0.3) is 0 Å². The third-order valence-electron chi connectivity index (χ3n) is 1.99. The summed E-state index contributed by atoms with van der Waals surface area (Å²) < 4.78 is 18.1. The second-order valence-electron chi connectivity index (χ2n) is 3.24. The first kappa shape index (κ1) is 12.3. The van der Waals surface area contributed by atoms with Crippen LogP contribution in [0, 0.1) is 5.82 Å². The van der Waals surface area contributed by atoms with E-state index in [9.17, 15) is 9.18 Å². The third-order valence-corrected chi connectivity index (χ3v) is 2.20. The van der Waals surface area contributed by atoms with Crippen LogP contribution in [0.2, 0.25) is 5.15 Å². The Hall–Kier alpha value is -2.21. The smallest absolute Gasteiger partial charge is 0.339 e. The number of nitrogens with zero attached hydrogens (tertiary/aromatic N) is 2. The summed E-state index contributed by atoms with van der Waals surface area (Å²) in [5.41, 5.74) is -0.299. The molecule has 2 aromatic rings. The molecular formula is C11H6ClFN2O3. The van der Waals surface area contributed by atoms with Crippen molar-refractivity contribution in [2.75, 3.05) is 0 Å². The summed E-state index contributed by atoms with van der Waals surface area (Å²) in [5.74, 6) is -1.93. The van der Waals surface area contributed by atoms with Crippen molar-refractivity contribution in [2.45, 2.75) is 0 Å². The summed E-state index contributed by atoms with van der Waals surface area (Å²) in [6.45, 7) is 0. The molecule has 0 saturated carbocycles. The highest BCUT2D eigenvalue weighted by molar-refractivity contribution is 6.29. The molecule has 0 unspecified atom stereocenters. The van der Waals surface area contributed by atoms with Crippen molar-refractivity contribution in [3.05, 3.63) is 46.9 Å². The van der Waals surface area contributed by atoms with Crippen LogP contribution in [-0.4, -0.2) is 21.3 Å². The Morgan fingerprint density at radius 2 is 2.06 bits per heavy atom. The lowest BCUT2D eigenvalue weighted by Gasteiger charge is -2.07. The Kier molecular flexibility index (Phi) is 3.38. The largest absolute Gasteiger partial charge is 0.478 e. The van der Waals surface area contributed by atoms with Crippen molar-refractivity contribution >= 4 is 17.6 Å². The summed E-state index contributed by atoms with van der Waals surface area (Å²) in [6, 6.07) is 6.01. The Morgan fingerprint density at radius 1 is 1.28 bits per heavy atom. The van der Waals surface area contributed by atoms with Crippen molar-refractivity contribution in [3.8, 4) is 11.6 Å². The second-order valence-corrected chi connectivity index (χ2v) is 3.63. The molecular weight excluding hydrogens is 263 g/mol. The monoisotopic (exact) mass is 268 g/mol. The molecule has 0 atom stereocenters. The van der Waals surface area contributed by atoms with Crippen LogP contribution in [0.25, 0.3) is 0 Å². The number of aromatic nitrogens is 2. The van der Waals surface area contributed by atoms with E-state index < -0.39 is 11.8 Å². The fourth-order valence-corrected chi connectivity index (χ4v) is 1.33. The zero-order valence-electron chi connectivity index (χ0n) is 8.80. The van der Waals surface area contributed by atoms with Crippen molar-refractivity contribution in [1.82, 2.24) is 10.2 Å². The molecule has 0 aliphatic carbocycles. The molecule has 0 radical (unpaired) electrons. The minimum absolute atomic E-state index is 0.0273. The average molecular weight is 269 g/mol. The van der Waals surface area contributed by atoms with Crippen molar-refractivity contribution in [1.29, 1.82) is 0 Å². The van der Waals surface area contributed by atoms with Crippen molar-refractivity contribution < 1.29 is 19.0 Å². The first-order valence-corrected chi connectivity index (χ1v) is 5.14. The third kappa shape index (κ3) is 2.72. The maximum Gasteiger partial charge on any atom is 0.339 e. The SMILES string of the molecule is O=C(O)c1cc(F)ccc1Oc1ccc(Cl)nn1. The van der Waals surface area contributed by atoms with Gasteiger partial charge < -0.3 is 9.84 Å². The van der Waals surface area contributed by atoms with Gasteiger partial charge in [0.05, 0.1) is 0 Å². The molecule has 1 N–H and O–H groups in total. The van der Waals surface area contributed by atoms with Gasteiger partial charge >= 0.3 is 5.97 Å². The molecule has 5 nitrogen and oxygen atoms in total. The van der Waals surface area contributed by atoms with Crippen LogP contribution >= 0.6 is 11.6 Å². The first-order valence-electron chi connectivity index (χ1n) is 4.76. The van der Waals surface area contributed by atoms with Crippen LogP contribution in [0.5, 0.6) is 11.6 Å². The topological polar surface area (TPSA) is 72.3 Å². The number of carboxylic acid groups (broad SMARTS) is 1. The highest BCUT2D eigenvalue weighted by Gasteiger charge is 2.13. The molecule has 0 bridgehead atoms. The Balaban J connectivity index is 2.34. The van der Waals surface area contributed by atoms with Gasteiger partial charge in [0.1, 0.15) is 17.1 Å². The van der Waals surface area contributed by atoms with Crippen molar-refractivity contribution in [2.24, 2.45) is 0 Å². The molecule has 7 heteroatoms. The normalized spacial score (nSPS) is 10.1. The van der Waals surface area contributed by atoms with E-state index in [1.165, 1.54) is 18.2 Å². The molecule has 0 spiro atoms. The van der Waals surface area contributed by atoms with E-state index in [0.717, 1.165) is 12.1 Å². The van der Waals surface area contributed by atoms with Gasteiger partial charge in [0.2, 0.25) is 5.88 Å². The molecule has 92 valence electrons. The van der Waals surface area contributed by atoms with Gasteiger partial charge in [-0.1, -0.05) is 11.6 Å². The first-order chi connectivity index (χ1) is 8.56. The number of ether oxygens (including phenoxy) is 1. The molecule has 0 amide bonds. The van der Waals surface area contributed by atoms with E-state index >= 15 is 0 Å². The minimum atomic E-state index is -1.30. The highest BCUT2D eigenvalue weighted by Crippen LogP contribution is 2.24. The van der Waals surface area contributed by atoms with Gasteiger partial charge in [-0.2, -0.15) is 0 Å². The molecule has 18 heavy (non-hydrogen) atoms. The lowest BCUT2D eigenvalue weighted by molar-refractivity contribution is 0.0693. The predicted octanol–water partition coefficient (Wildman–Crippen LogP) is 2.76. The molecule has 0 saturated heterocycles. The van der Waals surface area contributed by atoms with Crippen LogP contribution < -0.4 is 4.74 Å². The van der Waals surface area contributed by atoms with E-state index in [-0.39, 0.29) is 22.3 Å².